The van der Waals surface area contributed by atoms with Crippen molar-refractivity contribution in [2.24, 2.45) is 0 Å². The molecule has 0 aliphatic carbocycles. The molecule has 0 saturated heterocycles. The predicted molar refractivity (Wildman–Crippen MR) is 61.5 cm³/mol. The van der Waals surface area contributed by atoms with Crippen molar-refractivity contribution in [1.29, 1.82) is 5.26 Å². The van der Waals surface area contributed by atoms with Crippen molar-refractivity contribution in [3.05, 3.63) is 23.8 Å². The SMILES string of the molecule is Cc1ccc(NC(=O)CC#N)c(OCC(F)F)c1. The molecular formula is C12H12F2N2O2. The lowest BCUT2D eigenvalue weighted by atomic mass is 10.2. The quantitative estimate of drug-likeness (QED) is 0.878. The fourth-order valence-corrected chi connectivity index (χ4v) is 1.27. The second-order valence-electron chi connectivity index (χ2n) is 3.58. The summed E-state index contributed by atoms with van der Waals surface area (Å²) in [5.74, 6) is -0.343. The molecule has 0 unspecified atom stereocenters. The Morgan fingerprint density at radius 2 is 2.28 bits per heavy atom. The van der Waals surface area contributed by atoms with Crippen LogP contribution in [0, 0.1) is 18.3 Å². The molecular weight excluding hydrogens is 242 g/mol. The standard InChI is InChI=1S/C12H12F2N2O2/c1-8-2-3-9(16-12(17)4-5-15)10(6-8)18-7-11(13)14/h2-3,6,11H,4,7H2,1H3,(H,16,17). The number of anilines is 1. The molecule has 1 rings (SSSR count). The number of hydrogen-bond donors (Lipinski definition) is 1. The minimum absolute atomic E-state index is 0.168. The van der Waals surface area contributed by atoms with Crippen LogP contribution in [-0.4, -0.2) is 18.9 Å². The van der Waals surface area contributed by atoms with Crippen molar-refractivity contribution in [1.82, 2.24) is 0 Å². The van der Waals surface area contributed by atoms with Gasteiger partial charge in [-0.05, 0) is 24.6 Å². The molecule has 1 N–H and O–H groups in total. The fourth-order valence-electron chi connectivity index (χ4n) is 1.27. The van der Waals surface area contributed by atoms with E-state index in [4.69, 9.17) is 10.00 Å². The molecule has 96 valence electrons. The summed E-state index contributed by atoms with van der Waals surface area (Å²) in [6.07, 6.45) is -2.89. The molecule has 0 spiro atoms. The van der Waals surface area contributed by atoms with Gasteiger partial charge in [-0.2, -0.15) is 5.26 Å². The maximum atomic E-state index is 12.1. The van der Waals surface area contributed by atoms with E-state index < -0.39 is 18.9 Å². The molecule has 0 bridgehead atoms. The van der Waals surface area contributed by atoms with Crippen LogP contribution in [0.2, 0.25) is 0 Å². The zero-order valence-electron chi connectivity index (χ0n) is 9.74. The summed E-state index contributed by atoms with van der Waals surface area (Å²) in [5, 5.41) is 10.8. The molecule has 0 radical (unpaired) electrons. The Bertz CT molecular complexity index is 470. The number of nitrogens with one attached hydrogen (secondary N) is 1. The number of nitriles is 1. The van der Waals surface area contributed by atoms with Crippen LogP contribution >= 0.6 is 0 Å². The Morgan fingerprint density at radius 3 is 2.89 bits per heavy atom. The lowest BCUT2D eigenvalue weighted by molar-refractivity contribution is -0.115. The van der Waals surface area contributed by atoms with E-state index in [1.165, 1.54) is 0 Å². The summed E-state index contributed by atoms with van der Waals surface area (Å²) in [7, 11) is 0. The van der Waals surface area contributed by atoms with Crippen LogP contribution in [0.1, 0.15) is 12.0 Å². The first-order chi connectivity index (χ1) is 8.52. The van der Waals surface area contributed by atoms with Crippen molar-refractivity contribution in [3.63, 3.8) is 0 Å². The van der Waals surface area contributed by atoms with Gasteiger partial charge in [-0.25, -0.2) is 8.78 Å². The molecule has 1 aromatic rings. The number of halogens is 2. The number of rotatable bonds is 5. The first-order valence-electron chi connectivity index (χ1n) is 5.21. The van der Waals surface area contributed by atoms with Gasteiger partial charge in [0.15, 0.2) is 0 Å². The van der Waals surface area contributed by atoms with Crippen LogP contribution in [0.3, 0.4) is 0 Å². The molecule has 0 saturated carbocycles. The number of alkyl halides is 2. The predicted octanol–water partition coefficient (Wildman–Crippen LogP) is 2.49. The largest absolute Gasteiger partial charge is 0.485 e. The summed E-state index contributed by atoms with van der Waals surface area (Å²) in [4.78, 5) is 11.3. The number of hydrogen-bond acceptors (Lipinski definition) is 3. The number of nitrogens with zero attached hydrogens (tertiary/aromatic N) is 1. The van der Waals surface area contributed by atoms with Crippen LogP contribution in [0.25, 0.3) is 0 Å². The zero-order chi connectivity index (χ0) is 13.5. The lowest BCUT2D eigenvalue weighted by Crippen LogP contribution is -2.13. The van der Waals surface area contributed by atoms with Gasteiger partial charge >= 0.3 is 0 Å². The van der Waals surface area contributed by atoms with Gasteiger partial charge in [0.05, 0.1) is 11.8 Å². The molecule has 0 aliphatic rings. The molecule has 1 amide bonds. The highest BCUT2D eigenvalue weighted by Crippen LogP contribution is 2.26. The smallest absolute Gasteiger partial charge is 0.272 e. The number of carbonyl (C=O) groups is 1. The average molecular weight is 254 g/mol. The molecule has 0 aliphatic heterocycles. The summed E-state index contributed by atoms with van der Waals surface area (Å²) in [5.41, 5.74) is 1.10. The first-order valence-corrected chi connectivity index (χ1v) is 5.21. The third-order valence-electron chi connectivity index (χ3n) is 2.02. The monoisotopic (exact) mass is 254 g/mol. The molecule has 6 heteroatoms. The van der Waals surface area contributed by atoms with E-state index >= 15 is 0 Å². The molecule has 0 heterocycles. The Hall–Kier alpha value is -2.16. The highest BCUT2D eigenvalue weighted by atomic mass is 19.3. The van der Waals surface area contributed by atoms with Gasteiger partial charge in [-0.15, -0.1) is 0 Å². The molecule has 18 heavy (non-hydrogen) atoms. The molecule has 4 nitrogen and oxygen atoms in total. The normalized spacial score (nSPS) is 9.94. The van der Waals surface area contributed by atoms with Gasteiger partial charge in [0.2, 0.25) is 5.91 Å². The Labute approximate surface area is 103 Å². The number of aryl methyl sites for hydroxylation is 1. The Morgan fingerprint density at radius 1 is 1.56 bits per heavy atom. The number of benzene rings is 1. The van der Waals surface area contributed by atoms with Crippen molar-refractivity contribution in [2.45, 2.75) is 19.8 Å². The van der Waals surface area contributed by atoms with Crippen molar-refractivity contribution < 1.29 is 18.3 Å². The maximum absolute atomic E-state index is 12.1. The number of ether oxygens (including phenoxy) is 1. The molecule has 0 atom stereocenters. The molecule has 0 aromatic heterocycles. The summed E-state index contributed by atoms with van der Waals surface area (Å²) in [6, 6.07) is 6.49. The van der Waals surface area contributed by atoms with E-state index in [-0.39, 0.29) is 17.9 Å². The van der Waals surface area contributed by atoms with Crippen LogP contribution < -0.4 is 10.1 Å². The summed E-state index contributed by atoms with van der Waals surface area (Å²) in [6.45, 7) is 1.03. The fraction of sp³-hybridized carbons (Fsp3) is 0.333. The third kappa shape index (κ3) is 4.37. The van der Waals surface area contributed by atoms with E-state index in [2.05, 4.69) is 5.32 Å². The minimum Gasteiger partial charge on any atom is -0.485 e. The van der Waals surface area contributed by atoms with Gasteiger partial charge in [0.25, 0.3) is 6.43 Å². The van der Waals surface area contributed by atoms with Crippen molar-refractivity contribution in [3.8, 4) is 11.8 Å². The van der Waals surface area contributed by atoms with Crippen LogP contribution in [-0.2, 0) is 4.79 Å². The summed E-state index contributed by atoms with van der Waals surface area (Å²) >= 11 is 0. The van der Waals surface area contributed by atoms with Gasteiger partial charge < -0.3 is 10.1 Å². The van der Waals surface area contributed by atoms with Gasteiger partial charge in [-0.3, -0.25) is 4.79 Å². The summed E-state index contributed by atoms with van der Waals surface area (Å²) < 4.78 is 29.1. The van der Waals surface area contributed by atoms with E-state index in [1.807, 2.05) is 0 Å². The highest BCUT2D eigenvalue weighted by Gasteiger charge is 2.10. The van der Waals surface area contributed by atoms with Gasteiger partial charge in [-0.1, -0.05) is 6.07 Å². The van der Waals surface area contributed by atoms with Crippen LogP contribution in [0.4, 0.5) is 14.5 Å². The number of amides is 1. The lowest BCUT2D eigenvalue weighted by Gasteiger charge is -2.12. The zero-order valence-corrected chi connectivity index (χ0v) is 9.74. The van der Waals surface area contributed by atoms with Crippen molar-refractivity contribution in [2.75, 3.05) is 11.9 Å². The Balaban J connectivity index is 2.82. The van der Waals surface area contributed by atoms with Gasteiger partial charge in [0, 0.05) is 0 Å². The maximum Gasteiger partial charge on any atom is 0.272 e. The molecule has 0 fully saturated rings. The highest BCUT2D eigenvalue weighted by molar-refractivity contribution is 5.93. The third-order valence-corrected chi connectivity index (χ3v) is 2.02. The topological polar surface area (TPSA) is 62.1 Å². The average Bonchev–Trinajstić information content (AvgIpc) is 2.29. The Kier molecular flexibility index (Phi) is 5.06. The second kappa shape index (κ2) is 6.55. The molecule has 1 aromatic carbocycles. The van der Waals surface area contributed by atoms with E-state index in [9.17, 15) is 13.6 Å². The van der Waals surface area contributed by atoms with E-state index in [0.717, 1.165) is 5.56 Å². The second-order valence-corrected chi connectivity index (χ2v) is 3.58. The number of carbonyl (C=O) groups excluding carboxylic acids is 1. The van der Waals surface area contributed by atoms with Gasteiger partial charge in [0.1, 0.15) is 18.8 Å². The minimum atomic E-state index is -2.59. The van der Waals surface area contributed by atoms with Crippen molar-refractivity contribution >= 4 is 11.6 Å². The first kappa shape index (κ1) is 13.9. The van der Waals surface area contributed by atoms with Crippen LogP contribution in [0.15, 0.2) is 18.2 Å². The van der Waals surface area contributed by atoms with Crippen LogP contribution in [0.5, 0.6) is 5.75 Å². The van der Waals surface area contributed by atoms with E-state index in [0.29, 0.717) is 0 Å². The van der Waals surface area contributed by atoms with E-state index in [1.54, 1.807) is 31.2 Å².